The topological polar surface area (TPSA) is 51.7 Å². The molecule has 2 aliphatic rings. The predicted octanol–water partition coefficient (Wildman–Crippen LogP) is 5.56. The summed E-state index contributed by atoms with van der Waals surface area (Å²) in [6.45, 7) is 18.9. The highest BCUT2D eigenvalue weighted by atomic mass is 28.4. The fraction of sp³-hybridized carbons (Fsp3) is 0.714. The molecule has 0 unspecified atom stereocenters. The number of hydrogen-bond donors (Lipinski definition) is 0. The van der Waals surface area contributed by atoms with Crippen molar-refractivity contribution in [2.75, 3.05) is 18.1 Å². The Bertz CT molecular complexity index is 708. The number of aromatic nitrogens is 1. The second-order valence-electron chi connectivity index (χ2n) is 9.41. The van der Waals surface area contributed by atoms with Gasteiger partial charge in [0.2, 0.25) is 0 Å². The summed E-state index contributed by atoms with van der Waals surface area (Å²) in [6, 6.07) is 2.05. The number of cyclic esters (lactones) is 1. The van der Waals surface area contributed by atoms with Crippen LogP contribution >= 0.6 is 0 Å². The van der Waals surface area contributed by atoms with Gasteiger partial charge in [-0.1, -0.05) is 41.5 Å². The van der Waals surface area contributed by atoms with Crippen molar-refractivity contribution in [1.29, 1.82) is 0 Å². The van der Waals surface area contributed by atoms with Gasteiger partial charge in [-0.25, -0.2) is 4.79 Å². The number of amides is 1. The molecule has 150 valence electrons. The summed E-state index contributed by atoms with van der Waals surface area (Å²) < 4.78 is 12.5. The number of anilines is 1. The van der Waals surface area contributed by atoms with Gasteiger partial charge >= 0.3 is 6.09 Å². The smallest absolute Gasteiger partial charge is 0.415 e. The number of hydrogen-bond acceptors (Lipinski definition) is 4. The molecule has 0 saturated heterocycles. The molecular formula is C21H34N2O3Si. The van der Waals surface area contributed by atoms with Crippen LogP contribution < -0.4 is 4.90 Å². The summed E-state index contributed by atoms with van der Waals surface area (Å²) in [5.74, 6) is 0.173. The second kappa shape index (κ2) is 6.89. The molecule has 0 saturated carbocycles. The lowest BCUT2D eigenvalue weighted by atomic mass is 9.96. The first kappa shape index (κ1) is 20.3. The fourth-order valence-corrected chi connectivity index (χ4v) is 10.8. The van der Waals surface area contributed by atoms with Crippen LogP contribution in [0.4, 0.5) is 10.5 Å². The lowest BCUT2D eigenvalue weighted by molar-refractivity contribution is 0.0322. The maximum Gasteiger partial charge on any atom is 0.415 e. The van der Waals surface area contributed by atoms with E-state index in [4.69, 9.17) is 9.16 Å². The number of carbonyl (C=O) groups excluding carboxylic acids is 1. The summed E-state index contributed by atoms with van der Waals surface area (Å²) in [4.78, 5) is 18.8. The van der Waals surface area contributed by atoms with Gasteiger partial charge in [0.1, 0.15) is 5.69 Å². The summed E-state index contributed by atoms with van der Waals surface area (Å²) in [6.07, 6.45) is 1.56. The van der Waals surface area contributed by atoms with E-state index in [0.717, 1.165) is 11.4 Å². The Kier molecular flexibility index (Phi) is 5.19. The molecule has 0 aromatic carbocycles. The highest BCUT2D eigenvalue weighted by Gasteiger charge is 2.49. The van der Waals surface area contributed by atoms with Gasteiger partial charge in [-0.2, -0.15) is 0 Å². The minimum Gasteiger partial charge on any atom is -0.437 e. The average Bonchev–Trinajstić information content (AvgIpc) is 2.92. The van der Waals surface area contributed by atoms with Crippen LogP contribution in [0.15, 0.2) is 12.3 Å². The van der Waals surface area contributed by atoms with Crippen molar-refractivity contribution < 1.29 is 14.0 Å². The molecular weight excluding hydrogens is 356 g/mol. The van der Waals surface area contributed by atoms with E-state index in [0.29, 0.717) is 29.8 Å². The number of nitrogens with zero attached hydrogens (tertiary/aromatic N) is 2. The number of rotatable bonds is 6. The average molecular weight is 391 g/mol. The van der Waals surface area contributed by atoms with Crippen molar-refractivity contribution in [3.63, 3.8) is 0 Å². The number of ether oxygens (including phenoxy) is 1. The summed E-state index contributed by atoms with van der Waals surface area (Å²) in [7, 11) is -1.94. The molecule has 1 aromatic rings. The second-order valence-corrected chi connectivity index (χ2v) is 14.9. The van der Waals surface area contributed by atoms with Crippen LogP contribution in [0.5, 0.6) is 0 Å². The van der Waals surface area contributed by atoms with E-state index in [1.807, 2.05) is 26.1 Å². The van der Waals surface area contributed by atoms with Gasteiger partial charge in [-0.3, -0.25) is 9.88 Å². The third kappa shape index (κ3) is 3.11. The number of pyridine rings is 1. The van der Waals surface area contributed by atoms with Crippen LogP contribution in [0.3, 0.4) is 0 Å². The summed E-state index contributed by atoms with van der Waals surface area (Å²) in [5, 5.41) is 0. The maximum atomic E-state index is 12.6. The lowest BCUT2D eigenvalue weighted by Gasteiger charge is -2.42. The van der Waals surface area contributed by atoms with Crippen molar-refractivity contribution in [3.8, 4) is 0 Å². The van der Waals surface area contributed by atoms with Gasteiger partial charge in [0.25, 0.3) is 0 Å². The van der Waals surface area contributed by atoms with Crippen LogP contribution in [0.25, 0.3) is 0 Å². The van der Waals surface area contributed by atoms with Crippen LogP contribution in [0.1, 0.15) is 72.6 Å². The molecule has 0 aliphatic carbocycles. The van der Waals surface area contributed by atoms with E-state index in [-0.39, 0.29) is 12.0 Å². The van der Waals surface area contributed by atoms with Gasteiger partial charge in [-0.15, -0.1) is 0 Å². The normalized spacial score (nSPS) is 21.2. The fourth-order valence-electron chi connectivity index (χ4n) is 5.31. The molecule has 5 nitrogen and oxygen atoms in total. The third-order valence-corrected chi connectivity index (χ3v) is 12.5. The summed E-state index contributed by atoms with van der Waals surface area (Å²) in [5.41, 5.74) is 3.90. The Morgan fingerprint density at radius 3 is 2.37 bits per heavy atom. The van der Waals surface area contributed by atoms with Crippen molar-refractivity contribution in [2.24, 2.45) is 0 Å². The van der Waals surface area contributed by atoms with Crippen LogP contribution in [0.2, 0.25) is 16.6 Å². The maximum absolute atomic E-state index is 12.6. The monoisotopic (exact) mass is 390 g/mol. The third-order valence-electron chi connectivity index (χ3n) is 6.44. The molecule has 2 aliphatic heterocycles. The lowest BCUT2D eigenvalue weighted by Crippen LogP contribution is -2.48. The number of carbonyl (C=O) groups is 1. The largest absolute Gasteiger partial charge is 0.437 e. The first-order valence-electron chi connectivity index (χ1n) is 10.2. The standard InChI is InChI=1S/C21H34N2O3Si/c1-13(2)27(14(3)4,15(5)6)25-12-16-11-23-18-17(16)9-10-22-19(18)21(7,8)26-20(23)24/h9-10,13-16H,11-12H2,1-8H3/t16-/m1/s1. The molecule has 1 aromatic heterocycles. The summed E-state index contributed by atoms with van der Waals surface area (Å²) >= 11 is 0. The van der Waals surface area contributed by atoms with Gasteiger partial charge in [0.05, 0.1) is 5.69 Å². The quantitative estimate of drug-likeness (QED) is 0.597. The van der Waals surface area contributed by atoms with Crippen molar-refractivity contribution in [1.82, 2.24) is 4.98 Å². The van der Waals surface area contributed by atoms with Crippen LogP contribution in [-0.2, 0) is 14.8 Å². The van der Waals surface area contributed by atoms with E-state index in [2.05, 4.69) is 46.5 Å². The molecule has 27 heavy (non-hydrogen) atoms. The molecule has 6 heteroatoms. The van der Waals surface area contributed by atoms with Gasteiger partial charge in [0, 0.05) is 25.3 Å². The molecule has 0 bridgehead atoms. The van der Waals surface area contributed by atoms with Crippen LogP contribution in [0, 0.1) is 0 Å². The van der Waals surface area contributed by atoms with E-state index in [1.165, 1.54) is 5.56 Å². The Hall–Kier alpha value is -1.40. The first-order valence-corrected chi connectivity index (χ1v) is 12.3. The molecule has 0 spiro atoms. The Morgan fingerprint density at radius 2 is 1.81 bits per heavy atom. The van der Waals surface area contributed by atoms with Crippen molar-refractivity contribution >= 4 is 20.1 Å². The molecule has 0 radical (unpaired) electrons. The van der Waals surface area contributed by atoms with Crippen LogP contribution in [-0.4, -0.2) is 32.5 Å². The minimum atomic E-state index is -1.94. The van der Waals surface area contributed by atoms with Crippen molar-refractivity contribution in [3.05, 3.63) is 23.5 Å². The minimum absolute atomic E-state index is 0.173. The van der Waals surface area contributed by atoms with Crippen molar-refractivity contribution in [2.45, 2.75) is 83.5 Å². The Balaban J connectivity index is 1.92. The Labute approximate surface area is 164 Å². The zero-order valence-electron chi connectivity index (χ0n) is 18.0. The Morgan fingerprint density at radius 1 is 1.22 bits per heavy atom. The molecule has 1 atom stereocenters. The molecule has 3 heterocycles. The zero-order valence-corrected chi connectivity index (χ0v) is 19.0. The van der Waals surface area contributed by atoms with E-state index in [1.54, 1.807) is 4.90 Å². The van der Waals surface area contributed by atoms with E-state index < -0.39 is 13.9 Å². The molecule has 1 amide bonds. The molecule has 3 rings (SSSR count). The first-order chi connectivity index (χ1) is 12.5. The van der Waals surface area contributed by atoms with E-state index in [9.17, 15) is 4.79 Å². The molecule has 0 fully saturated rings. The van der Waals surface area contributed by atoms with Gasteiger partial charge < -0.3 is 9.16 Å². The highest BCUT2D eigenvalue weighted by Crippen LogP contribution is 2.48. The van der Waals surface area contributed by atoms with E-state index >= 15 is 0 Å². The SMILES string of the molecule is CC(C)[Si](OC[C@H]1CN2C(=O)OC(C)(C)c3nccc1c32)(C(C)C)C(C)C. The highest BCUT2D eigenvalue weighted by molar-refractivity contribution is 6.77. The predicted molar refractivity (Wildman–Crippen MR) is 111 cm³/mol. The molecule has 0 N–H and O–H groups in total. The zero-order chi connectivity index (χ0) is 20.1. The van der Waals surface area contributed by atoms with Gasteiger partial charge in [0.15, 0.2) is 13.9 Å². The van der Waals surface area contributed by atoms with Gasteiger partial charge in [-0.05, 0) is 42.1 Å².